The van der Waals surface area contributed by atoms with Gasteiger partial charge in [0.05, 0.1) is 6.04 Å². The highest BCUT2D eigenvalue weighted by molar-refractivity contribution is 5.95. The predicted molar refractivity (Wildman–Crippen MR) is 132 cm³/mol. The molecule has 7 nitrogen and oxygen atoms in total. The van der Waals surface area contributed by atoms with Crippen LogP contribution >= 0.6 is 0 Å². The van der Waals surface area contributed by atoms with E-state index in [1.807, 2.05) is 35.2 Å². The van der Waals surface area contributed by atoms with Crippen LogP contribution in [0.4, 0.5) is 0 Å². The Balaban J connectivity index is 1.38. The lowest BCUT2D eigenvalue weighted by atomic mass is 9.92. The number of H-pyrrole nitrogens is 1. The molecule has 0 bridgehead atoms. The summed E-state index contributed by atoms with van der Waals surface area (Å²) in [7, 11) is 0. The first-order chi connectivity index (χ1) is 17.1. The van der Waals surface area contributed by atoms with Gasteiger partial charge in [0.25, 0.3) is 0 Å². The van der Waals surface area contributed by atoms with Crippen molar-refractivity contribution in [1.29, 1.82) is 0 Å². The third-order valence-corrected chi connectivity index (χ3v) is 6.64. The van der Waals surface area contributed by atoms with Crippen molar-refractivity contribution < 1.29 is 19.1 Å². The lowest BCUT2D eigenvalue weighted by Gasteiger charge is -2.35. The standard InChI is InChI=1S/C28H23N3O4/c29-28(33)18-8-5-17(6-9-18)7-12-25(32)31-14-13-21-20-3-1-2-4-22(20)30-26(21)27(31)19-10-11-23-24(15-19)35-16-34-23/h1-12,15,27,30H,13-14,16H2,(H2,29,33). The summed E-state index contributed by atoms with van der Waals surface area (Å²) in [5, 5.41) is 1.19. The molecule has 2 aliphatic heterocycles. The van der Waals surface area contributed by atoms with E-state index < -0.39 is 5.91 Å². The summed E-state index contributed by atoms with van der Waals surface area (Å²) in [6.45, 7) is 0.777. The topological polar surface area (TPSA) is 97.7 Å². The van der Waals surface area contributed by atoms with Gasteiger partial charge in [-0.15, -0.1) is 0 Å². The average Bonchev–Trinajstić information content (AvgIpc) is 3.51. The molecule has 0 saturated carbocycles. The average molecular weight is 466 g/mol. The summed E-state index contributed by atoms with van der Waals surface area (Å²) >= 11 is 0. The second-order valence-corrected chi connectivity index (χ2v) is 8.68. The van der Waals surface area contributed by atoms with Crippen LogP contribution in [-0.2, 0) is 11.2 Å². The van der Waals surface area contributed by atoms with E-state index >= 15 is 0 Å². The molecule has 0 radical (unpaired) electrons. The van der Waals surface area contributed by atoms with Crippen molar-refractivity contribution in [3.05, 3.63) is 101 Å². The van der Waals surface area contributed by atoms with Gasteiger partial charge in [-0.1, -0.05) is 36.4 Å². The smallest absolute Gasteiger partial charge is 0.248 e. The number of aromatic nitrogens is 1. The van der Waals surface area contributed by atoms with Gasteiger partial charge in [-0.05, 0) is 59.5 Å². The monoisotopic (exact) mass is 465 g/mol. The van der Waals surface area contributed by atoms with Crippen LogP contribution in [0.2, 0.25) is 0 Å². The van der Waals surface area contributed by atoms with Crippen molar-refractivity contribution in [3.8, 4) is 11.5 Å². The van der Waals surface area contributed by atoms with Crippen LogP contribution in [0.5, 0.6) is 11.5 Å². The first-order valence-electron chi connectivity index (χ1n) is 11.5. The highest BCUT2D eigenvalue weighted by Gasteiger charge is 2.34. The van der Waals surface area contributed by atoms with E-state index in [4.69, 9.17) is 15.2 Å². The number of nitrogens with one attached hydrogen (secondary N) is 1. The third-order valence-electron chi connectivity index (χ3n) is 6.64. The quantitative estimate of drug-likeness (QED) is 0.442. The number of carbonyl (C=O) groups is 2. The molecule has 0 saturated heterocycles. The Labute approximate surface area is 201 Å². The van der Waals surface area contributed by atoms with Gasteiger partial charge in [-0.2, -0.15) is 0 Å². The minimum atomic E-state index is -0.481. The van der Waals surface area contributed by atoms with E-state index in [0.717, 1.165) is 28.8 Å². The number of aromatic amines is 1. The molecule has 3 aromatic carbocycles. The number of nitrogens with zero attached hydrogens (tertiary/aromatic N) is 1. The molecule has 174 valence electrons. The van der Waals surface area contributed by atoms with E-state index in [1.165, 1.54) is 10.9 Å². The Bertz CT molecular complexity index is 1490. The fraction of sp³-hybridized carbons (Fsp3) is 0.143. The molecule has 6 rings (SSSR count). The number of nitrogens with two attached hydrogens (primary N) is 1. The maximum Gasteiger partial charge on any atom is 0.248 e. The summed E-state index contributed by atoms with van der Waals surface area (Å²) in [6.07, 6.45) is 4.09. The second kappa shape index (κ2) is 8.36. The molecule has 35 heavy (non-hydrogen) atoms. The van der Waals surface area contributed by atoms with Crippen LogP contribution in [0.3, 0.4) is 0 Å². The molecule has 2 aliphatic rings. The number of para-hydroxylation sites is 1. The van der Waals surface area contributed by atoms with E-state index in [1.54, 1.807) is 36.4 Å². The number of fused-ring (bicyclic) bond motifs is 4. The number of benzene rings is 3. The maximum atomic E-state index is 13.5. The van der Waals surface area contributed by atoms with E-state index in [0.29, 0.717) is 23.6 Å². The van der Waals surface area contributed by atoms with Crippen LogP contribution in [0, 0.1) is 0 Å². The zero-order chi connectivity index (χ0) is 23.9. The van der Waals surface area contributed by atoms with Crippen LogP contribution < -0.4 is 15.2 Å². The first kappa shape index (κ1) is 21.0. The molecule has 2 amide bonds. The van der Waals surface area contributed by atoms with Crippen molar-refractivity contribution in [2.75, 3.05) is 13.3 Å². The molecule has 0 spiro atoms. The predicted octanol–water partition coefficient (Wildman–Crippen LogP) is 4.18. The fourth-order valence-corrected chi connectivity index (χ4v) is 4.93. The number of primary amides is 1. The highest BCUT2D eigenvalue weighted by Crippen LogP contribution is 2.42. The van der Waals surface area contributed by atoms with Crippen molar-refractivity contribution in [1.82, 2.24) is 9.88 Å². The lowest BCUT2D eigenvalue weighted by Crippen LogP contribution is -2.39. The SMILES string of the molecule is NC(=O)c1ccc(C=CC(=O)N2CCc3c([nH]c4ccccc34)C2c2ccc3c(c2)OCO3)cc1. The summed E-state index contributed by atoms with van der Waals surface area (Å²) < 4.78 is 11.1. The zero-order valence-electron chi connectivity index (χ0n) is 18.9. The highest BCUT2D eigenvalue weighted by atomic mass is 16.7. The van der Waals surface area contributed by atoms with E-state index in [9.17, 15) is 9.59 Å². The molecule has 0 aliphatic carbocycles. The van der Waals surface area contributed by atoms with Gasteiger partial charge >= 0.3 is 0 Å². The van der Waals surface area contributed by atoms with Crippen molar-refractivity contribution in [3.63, 3.8) is 0 Å². The van der Waals surface area contributed by atoms with Crippen LogP contribution in [0.25, 0.3) is 17.0 Å². The van der Waals surface area contributed by atoms with Crippen LogP contribution in [0.1, 0.15) is 38.8 Å². The molecule has 0 fully saturated rings. The number of ether oxygens (including phenoxy) is 2. The third kappa shape index (κ3) is 3.71. The lowest BCUT2D eigenvalue weighted by molar-refractivity contribution is -0.128. The molecule has 3 N–H and O–H groups in total. The van der Waals surface area contributed by atoms with Gasteiger partial charge in [-0.25, -0.2) is 0 Å². The minimum Gasteiger partial charge on any atom is -0.454 e. The number of amides is 2. The summed E-state index contributed by atoms with van der Waals surface area (Å²) in [6, 6.07) is 20.6. The molecular formula is C28H23N3O4. The Hall–Kier alpha value is -4.52. The Morgan fingerprint density at radius 3 is 2.63 bits per heavy atom. The van der Waals surface area contributed by atoms with Crippen LogP contribution in [0.15, 0.2) is 72.8 Å². The van der Waals surface area contributed by atoms with Gasteiger partial charge in [0.1, 0.15) is 0 Å². The molecule has 1 unspecified atom stereocenters. The Morgan fingerprint density at radius 2 is 1.80 bits per heavy atom. The number of hydrogen-bond acceptors (Lipinski definition) is 4. The maximum absolute atomic E-state index is 13.5. The first-order valence-corrected chi connectivity index (χ1v) is 11.5. The molecule has 4 aromatic rings. The zero-order valence-corrected chi connectivity index (χ0v) is 18.9. The summed E-state index contributed by atoms with van der Waals surface area (Å²) in [4.78, 5) is 30.3. The normalized spacial score (nSPS) is 16.6. The van der Waals surface area contributed by atoms with Gasteiger partial charge in [0, 0.05) is 34.8 Å². The molecule has 7 heteroatoms. The summed E-state index contributed by atoms with van der Waals surface area (Å²) in [5.41, 5.74) is 10.8. The van der Waals surface area contributed by atoms with Gasteiger partial charge < -0.3 is 25.1 Å². The molecule has 1 aromatic heterocycles. The molecular weight excluding hydrogens is 442 g/mol. The number of carbonyl (C=O) groups excluding carboxylic acids is 2. The fourth-order valence-electron chi connectivity index (χ4n) is 4.93. The minimum absolute atomic E-state index is 0.101. The van der Waals surface area contributed by atoms with E-state index in [2.05, 4.69) is 17.1 Å². The van der Waals surface area contributed by atoms with Gasteiger partial charge in [0.15, 0.2) is 11.5 Å². The van der Waals surface area contributed by atoms with Crippen LogP contribution in [-0.4, -0.2) is 35.0 Å². The molecule has 3 heterocycles. The Morgan fingerprint density at radius 1 is 1.00 bits per heavy atom. The van der Waals surface area contributed by atoms with Crippen molar-refractivity contribution in [2.24, 2.45) is 5.73 Å². The van der Waals surface area contributed by atoms with Gasteiger partial charge in [-0.3, -0.25) is 9.59 Å². The van der Waals surface area contributed by atoms with Gasteiger partial charge in [0.2, 0.25) is 18.6 Å². The van der Waals surface area contributed by atoms with Crippen molar-refractivity contribution in [2.45, 2.75) is 12.5 Å². The number of hydrogen-bond donors (Lipinski definition) is 2. The largest absolute Gasteiger partial charge is 0.454 e. The second-order valence-electron chi connectivity index (χ2n) is 8.68. The van der Waals surface area contributed by atoms with E-state index in [-0.39, 0.29) is 18.7 Å². The summed E-state index contributed by atoms with van der Waals surface area (Å²) in [5.74, 6) is 0.809. The Kier molecular flexibility index (Phi) is 5.03. The van der Waals surface area contributed by atoms with Crippen molar-refractivity contribution >= 4 is 28.8 Å². The molecule has 1 atom stereocenters. The number of rotatable bonds is 4.